The molecule has 0 spiro atoms. The lowest BCUT2D eigenvalue weighted by Crippen LogP contribution is -2.41. The third-order valence-electron chi connectivity index (χ3n) is 4.68. The third kappa shape index (κ3) is 4.23. The summed E-state index contributed by atoms with van der Waals surface area (Å²) in [5.74, 6) is -1.06. The summed E-state index contributed by atoms with van der Waals surface area (Å²) >= 11 is 0. The molecular weight excluding hydrogens is 334 g/mol. The summed E-state index contributed by atoms with van der Waals surface area (Å²) in [6, 6.07) is 5.59. The molecule has 0 aromatic heterocycles. The van der Waals surface area contributed by atoms with Crippen LogP contribution in [-0.4, -0.2) is 37.5 Å². The molecule has 1 aromatic carbocycles. The molecule has 1 aliphatic rings. The van der Waals surface area contributed by atoms with Gasteiger partial charge in [0, 0.05) is 24.2 Å². The number of esters is 2. The van der Waals surface area contributed by atoms with Crippen LogP contribution in [0.25, 0.3) is 0 Å². The molecule has 6 heteroatoms. The van der Waals surface area contributed by atoms with Crippen molar-refractivity contribution in [2.75, 3.05) is 25.1 Å². The van der Waals surface area contributed by atoms with Crippen LogP contribution in [0.3, 0.4) is 0 Å². The molecule has 6 nitrogen and oxygen atoms in total. The van der Waals surface area contributed by atoms with E-state index in [4.69, 9.17) is 9.47 Å². The van der Waals surface area contributed by atoms with Gasteiger partial charge in [-0.1, -0.05) is 11.6 Å². The zero-order valence-corrected chi connectivity index (χ0v) is 15.7. The normalized spacial score (nSPS) is 19.1. The fourth-order valence-electron chi connectivity index (χ4n) is 3.35. The van der Waals surface area contributed by atoms with Crippen LogP contribution < -0.4 is 5.32 Å². The fraction of sp³-hybridized carbons (Fsp3) is 0.550. The number of hydrogen-bond donors (Lipinski definition) is 1. The van der Waals surface area contributed by atoms with E-state index in [2.05, 4.69) is 5.32 Å². The highest BCUT2D eigenvalue weighted by atomic mass is 16.5. The molecule has 142 valence electrons. The minimum absolute atomic E-state index is 0.177. The smallest absolute Gasteiger partial charge is 0.320 e. The van der Waals surface area contributed by atoms with E-state index in [-0.39, 0.29) is 31.2 Å². The number of carbonyl (C=O) groups excluding carboxylic acids is 3. The summed E-state index contributed by atoms with van der Waals surface area (Å²) in [6.07, 6.45) is 1.17. The second-order valence-corrected chi connectivity index (χ2v) is 6.52. The van der Waals surface area contributed by atoms with Gasteiger partial charge in [-0.3, -0.25) is 14.4 Å². The zero-order valence-electron chi connectivity index (χ0n) is 15.7. The Hall–Kier alpha value is -2.37. The standard InChI is InChI=1S/C20H27NO5/c1-4-25-17(22)7-6-10-20(19(24)26-5-2)11-12-21-16-9-8-14(3)13-15(16)18(20)23/h8-9,13,21H,4-7,10-12H2,1-3H3. The summed E-state index contributed by atoms with van der Waals surface area (Å²) in [5.41, 5.74) is 0.920. The largest absolute Gasteiger partial charge is 0.466 e. The Balaban J connectivity index is 2.32. The van der Waals surface area contributed by atoms with Crippen molar-refractivity contribution in [2.24, 2.45) is 5.41 Å². The number of ketones is 1. The summed E-state index contributed by atoms with van der Waals surface area (Å²) in [7, 11) is 0. The number of Topliss-reactive ketones (excluding diaryl/α,β-unsaturated/α-hetero) is 1. The van der Waals surface area contributed by atoms with Crippen LogP contribution in [0.5, 0.6) is 0 Å². The molecule has 1 aromatic rings. The number of carbonyl (C=O) groups is 3. The second kappa shape index (κ2) is 8.83. The molecule has 0 bridgehead atoms. The number of anilines is 1. The number of aryl methyl sites for hydroxylation is 1. The zero-order chi connectivity index (χ0) is 19.2. The predicted molar refractivity (Wildman–Crippen MR) is 98.2 cm³/mol. The Morgan fingerprint density at radius 3 is 2.62 bits per heavy atom. The molecule has 0 aliphatic carbocycles. The van der Waals surface area contributed by atoms with Gasteiger partial charge >= 0.3 is 11.9 Å². The quantitative estimate of drug-likeness (QED) is 0.593. The van der Waals surface area contributed by atoms with E-state index in [0.717, 1.165) is 11.3 Å². The topological polar surface area (TPSA) is 81.7 Å². The number of ether oxygens (including phenoxy) is 2. The van der Waals surface area contributed by atoms with E-state index in [1.54, 1.807) is 19.9 Å². The van der Waals surface area contributed by atoms with Crippen LogP contribution in [0.15, 0.2) is 18.2 Å². The first-order chi connectivity index (χ1) is 12.4. The van der Waals surface area contributed by atoms with Crippen molar-refractivity contribution in [3.63, 3.8) is 0 Å². The molecule has 0 saturated heterocycles. The van der Waals surface area contributed by atoms with E-state index in [1.807, 2.05) is 19.1 Å². The van der Waals surface area contributed by atoms with Gasteiger partial charge in [-0.05, 0) is 52.2 Å². The van der Waals surface area contributed by atoms with Gasteiger partial charge in [-0.2, -0.15) is 0 Å². The third-order valence-corrected chi connectivity index (χ3v) is 4.68. The van der Waals surface area contributed by atoms with Crippen LogP contribution in [0.1, 0.15) is 55.5 Å². The van der Waals surface area contributed by atoms with Gasteiger partial charge in [0.1, 0.15) is 5.41 Å². The van der Waals surface area contributed by atoms with Gasteiger partial charge in [-0.25, -0.2) is 0 Å². The number of rotatable bonds is 7. The number of nitrogens with one attached hydrogen (secondary N) is 1. The van der Waals surface area contributed by atoms with Crippen LogP contribution in [0.4, 0.5) is 5.69 Å². The van der Waals surface area contributed by atoms with Gasteiger partial charge in [0.25, 0.3) is 0 Å². The molecule has 1 N–H and O–H groups in total. The van der Waals surface area contributed by atoms with Crippen LogP contribution in [0.2, 0.25) is 0 Å². The minimum atomic E-state index is -1.27. The van der Waals surface area contributed by atoms with E-state index in [9.17, 15) is 14.4 Å². The van der Waals surface area contributed by atoms with E-state index >= 15 is 0 Å². The Bertz CT molecular complexity index is 685. The maximum Gasteiger partial charge on any atom is 0.320 e. The molecule has 1 heterocycles. The van der Waals surface area contributed by atoms with E-state index in [0.29, 0.717) is 31.6 Å². The summed E-state index contributed by atoms with van der Waals surface area (Å²) in [5, 5.41) is 3.23. The molecular formula is C20H27NO5. The number of hydrogen-bond acceptors (Lipinski definition) is 6. The lowest BCUT2D eigenvalue weighted by molar-refractivity contribution is -0.153. The number of benzene rings is 1. The number of fused-ring (bicyclic) bond motifs is 1. The van der Waals surface area contributed by atoms with Crippen molar-refractivity contribution in [3.8, 4) is 0 Å². The van der Waals surface area contributed by atoms with Gasteiger partial charge in [0.2, 0.25) is 0 Å². The maximum absolute atomic E-state index is 13.4. The summed E-state index contributed by atoms with van der Waals surface area (Å²) < 4.78 is 10.2. The van der Waals surface area contributed by atoms with Crippen molar-refractivity contribution in [1.29, 1.82) is 0 Å². The molecule has 1 atom stereocenters. The van der Waals surface area contributed by atoms with Crippen LogP contribution >= 0.6 is 0 Å². The molecule has 1 unspecified atom stereocenters. The molecule has 1 aliphatic heterocycles. The predicted octanol–water partition coefficient (Wildman–Crippen LogP) is 3.28. The fourth-order valence-corrected chi connectivity index (χ4v) is 3.35. The first-order valence-corrected chi connectivity index (χ1v) is 9.16. The highest BCUT2D eigenvalue weighted by molar-refractivity contribution is 6.15. The Morgan fingerprint density at radius 2 is 1.92 bits per heavy atom. The Kier molecular flexibility index (Phi) is 6.77. The second-order valence-electron chi connectivity index (χ2n) is 6.52. The van der Waals surface area contributed by atoms with Crippen molar-refractivity contribution in [2.45, 2.75) is 46.5 Å². The van der Waals surface area contributed by atoms with Gasteiger partial charge in [-0.15, -0.1) is 0 Å². The van der Waals surface area contributed by atoms with E-state index in [1.165, 1.54) is 0 Å². The summed E-state index contributed by atoms with van der Waals surface area (Å²) in [4.78, 5) is 37.8. The van der Waals surface area contributed by atoms with Gasteiger partial charge in [0.05, 0.1) is 13.2 Å². The molecule has 0 amide bonds. The first kappa shape index (κ1) is 19.9. The van der Waals surface area contributed by atoms with Crippen molar-refractivity contribution in [3.05, 3.63) is 29.3 Å². The average Bonchev–Trinajstić information content (AvgIpc) is 2.74. The highest BCUT2D eigenvalue weighted by Gasteiger charge is 2.48. The van der Waals surface area contributed by atoms with E-state index < -0.39 is 11.4 Å². The van der Waals surface area contributed by atoms with Crippen LogP contribution in [-0.2, 0) is 19.1 Å². The Morgan fingerprint density at radius 1 is 1.19 bits per heavy atom. The maximum atomic E-state index is 13.4. The monoisotopic (exact) mass is 361 g/mol. The van der Waals surface area contributed by atoms with Gasteiger partial charge in [0.15, 0.2) is 5.78 Å². The van der Waals surface area contributed by atoms with Gasteiger partial charge < -0.3 is 14.8 Å². The molecule has 0 saturated carbocycles. The lowest BCUT2D eigenvalue weighted by atomic mass is 9.74. The minimum Gasteiger partial charge on any atom is -0.466 e. The highest BCUT2D eigenvalue weighted by Crippen LogP contribution is 2.39. The molecule has 26 heavy (non-hydrogen) atoms. The molecule has 0 fully saturated rings. The molecule has 2 rings (SSSR count). The Labute approximate surface area is 154 Å². The van der Waals surface area contributed by atoms with Crippen molar-refractivity contribution < 1.29 is 23.9 Å². The first-order valence-electron chi connectivity index (χ1n) is 9.16. The van der Waals surface area contributed by atoms with Crippen LogP contribution in [0, 0.1) is 12.3 Å². The average molecular weight is 361 g/mol. The van der Waals surface area contributed by atoms with Crippen molar-refractivity contribution in [1.82, 2.24) is 0 Å². The SMILES string of the molecule is CCOC(=O)CCCC1(C(=O)OCC)CCNc2ccc(C)cc2C1=O. The molecule has 0 radical (unpaired) electrons. The lowest BCUT2D eigenvalue weighted by Gasteiger charge is -2.28. The summed E-state index contributed by atoms with van der Waals surface area (Å²) in [6.45, 7) is 6.39. The van der Waals surface area contributed by atoms with Crippen molar-refractivity contribution >= 4 is 23.4 Å².